The molecule has 1 aliphatic rings. The SMILES string of the molecule is COC(=O)[C@H](CS[C@@H]1CC(=O)C[C@H]1OS)NC(=O)OC(C)(C)C. The summed E-state index contributed by atoms with van der Waals surface area (Å²) in [5.41, 5.74) is -0.666. The number of ether oxygens (including phenoxy) is 2. The van der Waals surface area contributed by atoms with Crippen molar-refractivity contribution in [2.45, 2.75) is 56.6 Å². The van der Waals surface area contributed by atoms with Gasteiger partial charge in [0.1, 0.15) is 17.4 Å². The van der Waals surface area contributed by atoms with E-state index in [1.165, 1.54) is 18.9 Å². The predicted molar refractivity (Wildman–Crippen MR) is 89.5 cm³/mol. The largest absolute Gasteiger partial charge is 0.467 e. The average molecular weight is 365 g/mol. The maximum Gasteiger partial charge on any atom is 0.408 e. The van der Waals surface area contributed by atoms with Gasteiger partial charge in [0.2, 0.25) is 0 Å². The van der Waals surface area contributed by atoms with Gasteiger partial charge in [-0.2, -0.15) is 11.8 Å². The second kappa shape index (κ2) is 8.79. The van der Waals surface area contributed by atoms with Crippen LogP contribution in [0.1, 0.15) is 33.6 Å². The maximum absolute atomic E-state index is 11.8. The Kier molecular flexibility index (Phi) is 7.69. The Morgan fingerprint density at radius 2 is 2.04 bits per heavy atom. The minimum absolute atomic E-state index is 0.0938. The fourth-order valence-electron chi connectivity index (χ4n) is 2.05. The van der Waals surface area contributed by atoms with Crippen molar-refractivity contribution in [3.63, 3.8) is 0 Å². The lowest BCUT2D eigenvalue weighted by atomic mass is 10.2. The number of alkyl carbamates (subject to hydrolysis) is 1. The second-order valence-corrected chi connectivity index (χ2v) is 7.67. The van der Waals surface area contributed by atoms with Crippen molar-refractivity contribution in [1.29, 1.82) is 0 Å². The van der Waals surface area contributed by atoms with Crippen LogP contribution in [0.15, 0.2) is 0 Å². The number of carbonyl (C=O) groups excluding carboxylic acids is 3. The van der Waals surface area contributed by atoms with E-state index in [-0.39, 0.29) is 22.9 Å². The lowest BCUT2D eigenvalue weighted by Crippen LogP contribution is -2.45. The molecule has 7 nitrogen and oxygen atoms in total. The maximum atomic E-state index is 11.8. The number of rotatable bonds is 6. The van der Waals surface area contributed by atoms with E-state index in [9.17, 15) is 14.4 Å². The van der Waals surface area contributed by atoms with Crippen LogP contribution in [0.25, 0.3) is 0 Å². The Hall–Kier alpha value is -0.930. The molecule has 9 heteroatoms. The fourth-order valence-corrected chi connectivity index (χ4v) is 3.68. The number of nitrogens with one attached hydrogen (secondary N) is 1. The van der Waals surface area contributed by atoms with Crippen LogP contribution < -0.4 is 5.32 Å². The molecule has 0 unspecified atom stereocenters. The third kappa shape index (κ3) is 7.01. The molecule has 1 amide bonds. The van der Waals surface area contributed by atoms with Crippen molar-refractivity contribution in [3.8, 4) is 0 Å². The van der Waals surface area contributed by atoms with Crippen LogP contribution in [-0.2, 0) is 23.2 Å². The number of thiol groups is 1. The van der Waals surface area contributed by atoms with Gasteiger partial charge in [-0.3, -0.25) is 4.79 Å². The molecule has 1 fully saturated rings. The number of amides is 1. The quantitative estimate of drug-likeness (QED) is 0.421. The third-order valence-electron chi connectivity index (χ3n) is 3.06. The van der Waals surface area contributed by atoms with Gasteiger partial charge in [0, 0.05) is 23.8 Å². The summed E-state index contributed by atoms with van der Waals surface area (Å²) in [7, 11) is 1.25. The minimum Gasteiger partial charge on any atom is -0.467 e. The first-order chi connectivity index (χ1) is 10.7. The number of hydrogen-bond acceptors (Lipinski definition) is 8. The number of hydrogen-bond donors (Lipinski definition) is 2. The molecule has 1 saturated carbocycles. The van der Waals surface area contributed by atoms with Crippen molar-refractivity contribution in [2.24, 2.45) is 0 Å². The number of methoxy groups -OCH3 is 1. The van der Waals surface area contributed by atoms with Gasteiger partial charge in [-0.05, 0) is 33.7 Å². The van der Waals surface area contributed by atoms with Gasteiger partial charge in [-0.25, -0.2) is 9.59 Å². The molecular weight excluding hydrogens is 342 g/mol. The van der Waals surface area contributed by atoms with Crippen LogP contribution in [0.3, 0.4) is 0 Å². The number of thioether (sulfide) groups is 1. The standard InChI is InChI=1S/C14H23NO6S2/c1-14(2,3)20-13(18)15-9(12(17)19-4)7-23-11-6-8(16)5-10(11)21-22/h9-11,22H,5-7H2,1-4H3,(H,15,18)/t9-,10+,11+/m0/s1. The van der Waals surface area contributed by atoms with E-state index in [1.807, 2.05) is 0 Å². The van der Waals surface area contributed by atoms with E-state index in [1.54, 1.807) is 20.8 Å². The zero-order valence-corrected chi connectivity index (χ0v) is 15.4. The van der Waals surface area contributed by atoms with Gasteiger partial charge >= 0.3 is 12.1 Å². The lowest BCUT2D eigenvalue weighted by molar-refractivity contribution is -0.142. The van der Waals surface area contributed by atoms with Crippen LogP contribution >= 0.6 is 24.7 Å². The first-order valence-corrected chi connectivity index (χ1v) is 8.58. The van der Waals surface area contributed by atoms with Crippen LogP contribution in [-0.4, -0.2) is 53.7 Å². The van der Waals surface area contributed by atoms with E-state index >= 15 is 0 Å². The molecule has 23 heavy (non-hydrogen) atoms. The van der Waals surface area contributed by atoms with Gasteiger partial charge in [0.25, 0.3) is 0 Å². The molecule has 0 saturated heterocycles. The molecule has 1 rings (SSSR count). The smallest absolute Gasteiger partial charge is 0.408 e. The normalized spacial score (nSPS) is 22.6. The average Bonchev–Trinajstić information content (AvgIpc) is 2.80. The monoisotopic (exact) mass is 365 g/mol. The Balaban J connectivity index is 2.60. The Morgan fingerprint density at radius 1 is 1.39 bits per heavy atom. The van der Waals surface area contributed by atoms with Gasteiger partial charge in [-0.1, -0.05) is 0 Å². The highest BCUT2D eigenvalue weighted by atomic mass is 32.2. The topological polar surface area (TPSA) is 90.9 Å². The molecule has 3 atom stereocenters. The molecule has 0 aliphatic heterocycles. The summed E-state index contributed by atoms with van der Waals surface area (Å²) in [6, 6.07) is -0.865. The Labute approximate surface area is 145 Å². The fraction of sp³-hybridized carbons (Fsp3) is 0.786. The van der Waals surface area contributed by atoms with Gasteiger partial charge in [-0.15, -0.1) is 0 Å². The summed E-state index contributed by atoms with van der Waals surface area (Å²) in [5.74, 6) is -0.232. The van der Waals surface area contributed by atoms with Crippen LogP contribution in [0.2, 0.25) is 0 Å². The summed E-state index contributed by atoms with van der Waals surface area (Å²) in [6.45, 7) is 5.19. The number of esters is 1. The van der Waals surface area contributed by atoms with E-state index in [0.717, 1.165) is 0 Å². The van der Waals surface area contributed by atoms with Crippen molar-refractivity contribution < 1.29 is 28.0 Å². The van der Waals surface area contributed by atoms with E-state index < -0.39 is 23.7 Å². The van der Waals surface area contributed by atoms with Crippen molar-refractivity contribution in [1.82, 2.24) is 5.32 Å². The highest BCUT2D eigenvalue weighted by molar-refractivity contribution is 8.00. The van der Waals surface area contributed by atoms with Crippen molar-refractivity contribution in [3.05, 3.63) is 0 Å². The Morgan fingerprint density at radius 3 is 2.57 bits per heavy atom. The zero-order valence-electron chi connectivity index (χ0n) is 13.7. The molecule has 0 aromatic rings. The highest BCUT2D eigenvalue weighted by Crippen LogP contribution is 2.31. The van der Waals surface area contributed by atoms with Crippen LogP contribution in [0.4, 0.5) is 4.79 Å². The molecule has 1 aliphatic carbocycles. The molecular formula is C14H23NO6S2. The first kappa shape index (κ1) is 20.1. The van der Waals surface area contributed by atoms with Gasteiger partial charge < -0.3 is 19.0 Å². The summed E-state index contributed by atoms with van der Waals surface area (Å²) in [4.78, 5) is 35.1. The second-order valence-electron chi connectivity index (χ2n) is 6.18. The van der Waals surface area contributed by atoms with Gasteiger partial charge in [0.15, 0.2) is 0 Å². The van der Waals surface area contributed by atoms with E-state index in [4.69, 9.17) is 13.7 Å². The number of ketones is 1. The number of Topliss-reactive ketones (excluding diaryl/α,β-unsaturated/α-hetero) is 1. The first-order valence-electron chi connectivity index (χ1n) is 7.17. The molecule has 0 radical (unpaired) electrons. The molecule has 132 valence electrons. The summed E-state index contributed by atoms with van der Waals surface area (Å²) >= 11 is 5.14. The van der Waals surface area contributed by atoms with Crippen molar-refractivity contribution >= 4 is 42.5 Å². The zero-order chi connectivity index (χ0) is 17.6. The molecule has 0 heterocycles. The van der Waals surface area contributed by atoms with Gasteiger partial charge in [0.05, 0.1) is 13.2 Å². The molecule has 0 aromatic heterocycles. The minimum atomic E-state index is -0.865. The van der Waals surface area contributed by atoms with Crippen LogP contribution in [0, 0.1) is 0 Å². The predicted octanol–water partition coefficient (Wildman–Crippen LogP) is 1.75. The Bertz CT molecular complexity index is 451. The molecule has 0 bridgehead atoms. The number of carbonyl (C=O) groups is 3. The van der Waals surface area contributed by atoms with Crippen LogP contribution in [0.5, 0.6) is 0 Å². The summed E-state index contributed by atoms with van der Waals surface area (Å²) in [6.07, 6.45) is -0.326. The lowest BCUT2D eigenvalue weighted by Gasteiger charge is -2.23. The summed E-state index contributed by atoms with van der Waals surface area (Å²) in [5, 5.41) is 2.39. The molecule has 0 spiro atoms. The van der Waals surface area contributed by atoms with E-state index in [2.05, 4.69) is 18.2 Å². The van der Waals surface area contributed by atoms with E-state index in [0.29, 0.717) is 12.8 Å². The highest BCUT2D eigenvalue weighted by Gasteiger charge is 2.35. The molecule has 0 aromatic carbocycles. The summed E-state index contributed by atoms with van der Waals surface area (Å²) < 4.78 is 14.8. The third-order valence-corrected chi connectivity index (χ3v) is 4.76. The molecule has 1 N–H and O–H groups in total. The van der Waals surface area contributed by atoms with Crippen molar-refractivity contribution in [2.75, 3.05) is 12.9 Å².